The van der Waals surface area contributed by atoms with Gasteiger partial charge in [0.2, 0.25) is 0 Å². The first-order valence-corrected chi connectivity index (χ1v) is 8.48. The fourth-order valence-electron chi connectivity index (χ4n) is 2.56. The summed E-state index contributed by atoms with van der Waals surface area (Å²) in [6.45, 7) is 0. The Morgan fingerprint density at radius 2 is 1.74 bits per heavy atom. The third-order valence-corrected chi connectivity index (χ3v) is 5.27. The van der Waals surface area contributed by atoms with Crippen LogP contribution in [0.5, 0.6) is 0 Å². The number of nitrogens with zero attached hydrogens (tertiary/aromatic N) is 1. The third-order valence-electron chi connectivity index (χ3n) is 3.70. The molecule has 2 atom stereocenters. The molecule has 2 aromatic rings. The number of halogens is 1. The fraction of sp³-hybridized carbons (Fsp3) is 0.176. The fourth-order valence-corrected chi connectivity index (χ4v) is 4.11. The molecule has 0 radical (unpaired) electrons. The van der Waals surface area contributed by atoms with Gasteiger partial charge in [0.05, 0.1) is 0 Å². The van der Waals surface area contributed by atoms with Crippen LogP contribution in [0.2, 0.25) is 5.02 Å². The molecule has 2 aromatic carbocycles. The van der Waals surface area contributed by atoms with Gasteiger partial charge in [0, 0.05) is 16.3 Å². The second-order valence-electron chi connectivity index (χ2n) is 5.17. The summed E-state index contributed by atoms with van der Waals surface area (Å²) in [5, 5.41) is 9.69. The Morgan fingerprint density at radius 1 is 1.09 bits per heavy atom. The van der Waals surface area contributed by atoms with Crippen LogP contribution in [0.3, 0.4) is 0 Å². The molecule has 23 heavy (non-hydrogen) atoms. The average molecular weight is 348 g/mol. The zero-order valence-corrected chi connectivity index (χ0v) is 13.6. The summed E-state index contributed by atoms with van der Waals surface area (Å²) in [6, 6.07) is 15.1. The zero-order chi connectivity index (χ0) is 16.4. The minimum atomic E-state index is -0.988. The Balaban J connectivity index is 1.97. The second kappa shape index (κ2) is 6.64. The minimum Gasteiger partial charge on any atom is -0.480 e. The van der Waals surface area contributed by atoms with E-state index in [9.17, 15) is 14.7 Å². The molecule has 6 heteroatoms. The number of rotatable bonds is 3. The molecule has 1 saturated heterocycles. The van der Waals surface area contributed by atoms with Gasteiger partial charge in [-0.1, -0.05) is 41.9 Å². The van der Waals surface area contributed by atoms with E-state index in [0.717, 1.165) is 5.56 Å². The van der Waals surface area contributed by atoms with Crippen molar-refractivity contribution in [1.82, 2.24) is 4.90 Å². The van der Waals surface area contributed by atoms with Gasteiger partial charge >= 0.3 is 5.97 Å². The number of carbonyl (C=O) groups excluding carboxylic acids is 1. The van der Waals surface area contributed by atoms with Crippen molar-refractivity contribution >= 4 is 35.2 Å². The maximum atomic E-state index is 12.9. The first kappa shape index (κ1) is 15.9. The largest absolute Gasteiger partial charge is 0.480 e. The lowest BCUT2D eigenvalue weighted by molar-refractivity contribution is -0.141. The number of carboxylic acid groups (broad SMARTS) is 1. The van der Waals surface area contributed by atoms with Gasteiger partial charge < -0.3 is 10.0 Å². The predicted molar refractivity (Wildman–Crippen MR) is 90.7 cm³/mol. The molecule has 1 amide bonds. The van der Waals surface area contributed by atoms with Crippen molar-refractivity contribution in [2.45, 2.75) is 11.4 Å². The molecule has 1 N–H and O–H groups in total. The van der Waals surface area contributed by atoms with Crippen LogP contribution in [-0.4, -0.2) is 33.7 Å². The van der Waals surface area contributed by atoms with Gasteiger partial charge in [-0.15, -0.1) is 11.8 Å². The van der Waals surface area contributed by atoms with Gasteiger partial charge in [-0.05, 0) is 29.8 Å². The first-order chi connectivity index (χ1) is 11.1. The monoisotopic (exact) mass is 347 g/mol. The molecule has 0 saturated carbocycles. The highest BCUT2D eigenvalue weighted by Gasteiger charge is 2.42. The number of amides is 1. The van der Waals surface area contributed by atoms with E-state index in [0.29, 0.717) is 16.3 Å². The highest BCUT2D eigenvalue weighted by molar-refractivity contribution is 7.99. The predicted octanol–water partition coefficient (Wildman–Crippen LogP) is 3.68. The van der Waals surface area contributed by atoms with Gasteiger partial charge in [0.1, 0.15) is 11.4 Å². The van der Waals surface area contributed by atoms with Crippen molar-refractivity contribution in [3.8, 4) is 0 Å². The number of aliphatic carboxylic acids is 1. The number of thioether (sulfide) groups is 1. The van der Waals surface area contributed by atoms with Crippen LogP contribution >= 0.6 is 23.4 Å². The zero-order valence-electron chi connectivity index (χ0n) is 12.1. The SMILES string of the molecule is O=C(O)[C@@H]1CS[C@@H](c2ccccc2)N1C(=O)c1ccc(Cl)cc1. The summed E-state index contributed by atoms with van der Waals surface area (Å²) < 4.78 is 0. The number of carbonyl (C=O) groups is 2. The number of carboxylic acids is 1. The Hall–Kier alpha value is -1.98. The number of hydrogen-bond donors (Lipinski definition) is 1. The van der Waals surface area contributed by atoms with Gasteiger partial charge in [0.25, 0.3) is 5.91 Å². The molecule has 1 aliphatic rings. The van der Waals surface area contributed by atoms with Gasteiger partial charge in [0.15, 0.2) is 0 Å². The molecule has 4 nitrogen and oxygen atoms in total. The van der Waals surface area contributed by atoms with E-state index in [-0.39, 0.29) is 11.3 Å². The normalized spacial score (nSPS) is 20.5. The Morgan fingerprint density at radius 3 is 2.35 bits per heavy atom. The molecule has 0 spiro atoms. The maximum absolute atomic E-state index is 12.9. The summed E-state index contributed by atoms with van der Waals surface area (Å²) in [4.78, 5) is 25.9. The van der Waals surface area contributed by atoms with Crippen LogP contribution in [-0.2, 0) is 4.79 Å². The molecular formula is C17H14ClNO3S. The average Bonchev–Trinajstić information content (AvgIpc) is 3.01. The molecule has 1 heterocycles. The molecular weight excluding hydrogens is 334 g/mol. The van der Waals surface area contributed by atoms with E-state index in [1.807, 2.05) is 30.3 Å². The molecule has 1 aliphatic heterocycles. The quantitative estimate of drug-likeness (QED) is 0.920. The molecule has 0 bridgehead atoms. The van der Waals surface area contributed by atoms with Crippen molar-refractivity contribution in [1.29, 1.82) is 0 Å². The van der Waals surface area contributed by atoms with E-state index in [1.54, 1.807) is 24.3 Å². The molecule has 3 rings (SSSR count). The Labute approximate surface area is 143 Å². The van der Waals surface area contributed by atoms with Crippen molar-refractivity contribution in [2.24, 2.45) is 0 Å². The standard InChI is InChI=1S/C17H14ClNO3S/c18-13-8-6-11(7-9-13)15(20)19-14(17(21)22)10-23-16(19)12-4-2-1-3-5-12/h1-9,14,16H,10H2,(H,21,22)/t14-,16-/m0/s1. The summed E-state index contributed by atoms with van der Waals surface area (Å²) >= 11 is 7.32. The van der Waals surface area contributed by atoms with Gasteiger partial charge in [-0.25, -0.2) is 4.79 Å². The van der Waals surface area contributed by atoms with Gasteiger partial charge in [-0.3, -0.25) is 4.79 Å². The number of benzene rings is 2. The van der Waals surface area contributed by atoms with Crippen LogP contribution in [0.4, 0.5) is 0 Å². The van der Waals surface area contributed by atoms with E-state index < -0.39 is 12.0 Å². The Bertz CT molecular complexity index is 720. The summed E-state index contributed by atoms with van der Waals surface area (Å²) in [6.07, 6.45) is 0. The van der Waals surface area contributed by atoms with Crippen molar-refractivity contribution in [3.63, 3.8) is 0 Å². The summed E-state index contributed by atoms with van der Waals surface area (Å²) in [5.41, 5.74) is 1.35. The molecule has 1 fully saturated rings. The molecule has 0 unspecified atom stereocenters. The van der Waals surface area contributed by atoms with Gasteiger partial charge in [-0.2, -0.15) is 0 Å². The maximum Gasteiger partial charge on any atom is 0.327 e. The summed E-state index contributed by atoms with van der Waals surface area (Å²) in [7, 11) is 0. The first-order valence-electron chi connectivity index (χ1n) is 7.05. The van der Waals surface area contributed by atoms with E-state index >= 15 is 0 Å². The summed E-state index contributed by atoms with van der Waals surface area (Å²) in [5.74, 6) is -0.917. The van der Waals surface area contributed by atoms with Crippen LogP contribution in [0.15, 0.2) is 54.6 Å². The third kappa shape index (κ3) is 3.21. The van der Waals surface area contributed by atoms with E-state index in [4.69, 9.17) is 11.6 Å². The molecule has 0 aliphatic carbocycles. The van der Waals surface area contributed by atoms with E-state index in [1.165, 1.54) is 16.7 Å². The van der Waals surface area contributed by atoms with Crippen molar-refractivity contribution in [3.05, 3.63) is 70.7 Å². The lowest BCUT2D eigenvalue weighted by Gasteiger charge is -2.27. The topological polar surface area (TPSA) is 57.6 Å². The highest BCUT2D eigenvalue weighted by atomic mass is 35.5. The Kier molecular flexibility index (Phi) is 4.59. The number of hydrogen-bond acceptors (Lipinski definition) is 3. The lowest BCUT2D eigenvalue weighted by atomic mass is 10.1. The van der Waals surface area contributed by atoms with E-state index in [2.05, 4.69) is 0 Å². The van der Waals surface area contributed by atoms with Crippen molar-refractivity contribution < 1.29 is 14.7 Å². The highest BCUT2D eigenvalue weighted by Crippen LogP contribution is 2.42. The second-order valence-corrected chi connectivity index (χ2v) is 6.72. The lowest BCUT2D eigenvalue weighted by Crippen LogP contribution is -2.42. The van der Waals surface area contributed by atoms with Crippen LogP contribution in [0, 0.1) is 0 Å². The molecule has 0 aromatic heterocycles. The smallest absolute Gasteiger partial charge is 0.327 e. The minimum absolute atomic E-state index is 0.298. The van der Waals surface area contributed by atoms with Crippen LogP contribution < -0.4 is 0 Å². The van der Waals surface area contributed by atoms with Crippen LogP contribution in [0.1, 0.15) is 21.3 Å². The van der Waals surface area contributed by atoms with Crippen molar-refractivity contribution in [2.75, 3.05) is 5.75 Å². The molecule has 118 valence electrons. The van der Waals surface area contributed by atoms with Crippen LogP contribution in [0.25, 0.3) is 0 Å².